The number of aromatic nitrogens is 1. The third-order valence-electron chi connectivity index (χ3n) is 4.92. The number of rotatable bonds is 10. The molecule has 0 saturated carbocycles. The van der Waals surface area contributed by atoms with E-state index in [2.05, 4.69) is 16.0 Å². The Morgan fingerprint density at radius 1 is 1.07 bits per heavy atom. The zero-order valence-electron chi connectivity index (χ0n) is 16.1. The molecule has 0 spiro atoms. The molecule has 0 bridgehead atoms. The number of nitrogens with zero attached hydrogens (tertiary/aromatic N) is 1. The van der Waals surface area contributed by atoms with Gasteiger partial charge < -0.3 is 24.8 Å². The second-order valence-electron chi connectivity index (χ2n) is 7.26. The molecule has 0 fully saturated rings. The molecule has 1 aromatic heterocycles. The molecule has 2 aromatic carbocycles. The van der Waals surface area contributed by atoms with E-state index in [-0.39, 0.29) is 19.0 Å². The summed E-state index contributed by atoms with van der Waals surface area (Å²) >= 11 is 0. The lowest BCUT2D eigenvalue weighted by atomic mass is 10.1. The Kier molecular flexibility index (Phi) is 6.67. The number of hydrogen-bond acceptors (Lipinski definition) is 4. The molecule has 28 heavy (non-hydrogen) atoms. The molecule has 5 nitrogen and oxygen atoms in total. The Hall–Kier alpha value is -2.41. The average molecular weight is 386 g/mol. The summed E-state index contributed by atoms with van der Waals surface area (Å²) in [6, 6.07) is 14.5. The first-order valence-corrected chi connectivity index (χ1v) is 9.46. The largest absolute Gasteiger partial charge is 0.493 e. The zero-order valence-corrected chi connectivity index (χ0v) is 16.1. The predicted molar refractivity (Wildman–Crippen MR) is 108 cm³/mol. The molecule has 3 N–H and O–H groups in total. The van der Waals surface area contributed by atoms with Crippen LogP contribution in [0, 0.1) is 5.82 Å². The summed E-state index contributed by atoms with van der Waals surface area (Å²) in [6.07, 6.45) is 2.73. The van der Waals surface area contributed by atoms with Crippen molar-refractivity contribution in [3.8, 4) is 5.75 Å². The van der Waals surface area contributed by atoms with Crippen molar-refractivity contribution < 1.29 is 19.3 Å². The van der Waals surface area contributed by atoms with E-state index in [0.717, 1.165) is 22.2 Å². The molecule has 0 amide bonds. The molecule has 6 heteroatoms. The molecule has 0 aliphatic heterocycles. The van der Waals surface area contributed by atoms with Crippen LogP contribution >= 0.6 is 0 Å². The van der Waals surface area contributed by atoms with E-state index in [0.29, 0.717) is 26.1 Å². The number of aliphatic hydroxyl groups is 2. The standard InChI is InChI=1S/C22H27FN2O3/c1-22(15-26,16-27)24-10-12-25-11-8-18-4-7-20(14-21(18)25)28-13-9-17-2-5-19(23)6-3-17/h2-8,11,14,24,26-27H,9-10,12-13,15-16H2,1H3. The van der Waals surface area contributed by atoms with E-state index >= 15 is 0 Å². The zero-order chi connectivity index (χ0) is 20.0. The van der Waals surface area contributed by atoms with Gasteiger partial charge in [-0.3, -0.25) is 0 Å². The molecular weight excluding hydrogens is 359 g/mol. The average Bonchev–Trinajstić information content (AvgIpc) is 3.12. The van der Waals surface area contributed by atoms with Crippen molar-refractivity contribution in [1.29, 1.82) is 0 Å². The van der Waals surface area contributed by atoms with Gasteiger partial charge in [-0.05, 0) is 48.2 Å². The lowest BCUT2D eigenvalue weighted by Gasteiger charge is -2.26. The van der Waals surface area contributed by atoms with E-state index < -0.39 is 5.54 Å². The lowest BCUT2D eigenvalue weighted by Crippen LogP contribution is -2.49. The van der Waals surface area contributed by atoms with E-state index in [9.17, 15) is 14.6 Å². The molecule has 1 heterocycles. The summed E-state index contributed by atoms with van der Waals surface area (Å²) in [5, 5.41) is 23.0. The van der Waals surface area contributed by atoms with Gasteiger partial charge in [-0.25, -0.2) is 4.39 Å². The minimum atomic E-state index is -0.683. The highest BCUT2D eigenvalue weighted by Crippen LogP contribution is 2.22. The molecule has 0 aliphatic carbocycles. The maximum atomic E-state index is 13.0. The fraction of sp³-hybridized carbons (Fsp3) is 0.364. The Morgan fingerprint density at radius 3 is 2.54 bits per heavy atom. The number of hydrogen-bond donors (Lipinski definition) is 3. The van der Waals surface area contributed by atoms with Gasteiger partial charge in [-0.15, -0.1) is 0 Å². The quantitative estimate of drug-likeness (QED) is 0.501. The molecular formula is C22H27FN2O3. The molecule has 150 valence electrons. The van der Waals surface area contributed by atoms with Gasteiger partial charge >= 0.3 is 0 Å². The van der Waals surface area contributed by atoms with E-state index in [1.807, 2.05) is 24.4 Å². The molecule has 0 unspecified atom stereocenters. The molecule has 0 aliphatic rings. The fourth-order valence-corrected chi connectivity index (χ4v) is 3.03. The number of aliphatic hydroxyl groups excluding tert-OH is 2. The number of ether oxygens (including phenoxy) is 1. The van der Waals surface area contributed by atoms with Crippen molar-refractivity contribution in [3.05, 3.63) is 66.1 Å². The van der Waals surface area contributed by atoms with Crippen LogP contribution in [0.4, 0.5) is 4.39 Å². The first-order valence-electron chi connectivity index (χ1n) is 9.46. The molecule has 0 atom stereocenters. The molecule has 3 rings (SSSR count). The number of benzene rings is 2. The van der Waals surface area contributed by atoms with Crippen LogP contribution < -0.4 is 10.1 Å². The summed E-state index contributed by atoms with van der Waals surface area (Å²) in [6.45, 7) is 3.39. The SMILES string of the molecule is CC(CO)(CO)NCCn1ccc2ccc(OCCc3ccc(F)cc3)cc21. The van der Waals surface area contributed by atoms with Crippen LogP contribution in [-0.2, 0) is 13.0 Å². The third-order valence-corrected chi connectivity index (χ3v) is 4.92. The van der Waals surface area contributed by atoms with Gasteiger partial charge in [0.15, 0.2) is 0 Å². The highest BCUT2D eigenvalue weighted by Gasteiger charge is 2.20. The Morgan fingerprint density at radius 2 is 1.82 bits per heavy atom. The van der Waals surface area contributed by atoms with Gasteiger partial charge in [-0.2, -0.15) is 0 Å². The van der Waals surface area contributed by atoms with Gasteiger partial charge in [-0.1, -0.05) is 12.1 Å². The third kappa shape index (κ3) is 5.10. The highest BCUT2D eigenvalue weighted by molar-refractivity contribution is 5.81. The van der Waals surface area contributed by atoms with E-state index in [1.54, 1.807) is 19.1 Å². The van der Waals surface area contributed by atoms with Crippen molar-refractivity contribution in [2.75, 3.05) is 26.4 Å². The van der Waals surface area contributed by atoms with Crippen LogP contribution in [0.5, 0.6) is 5.75 Å². The van der Waals surface area contributed by atoms with Crippen LogP contribution in [-0.4, -0.2) is 46.7 Å². The molecule has 0 radical (unpaired) electrons. The summed E-state index contributed by atoms with van der Waals surface area (Å²) in [4.78, 5) is 0. The van der Waals surface area contributed by atoms with Gasteiger partial charge in [0, 0.05) is 31.8 Å². The monoisotopic (exact) mass is 386 g/mol. The van der Waals surface area contributed by atoms with Crippen molar-refractivity contribution in [1.82, 2.24) is 9.88 Å². The van der Waals surface area contributed by atoms with Crippen molar-refractivity contribution in [2.45, 2.75) is 25.4 Å². The summed E-state index contributed by atoms with van der Waals surface area (Å²) in [5.41, 5.74) is 1.42. The second kappa shape index (κ2) is 9.19. The van der Waals surface area contributed by atoms with Crippen LogP contribution in [0.2, 0.25) is 0 Å². The van der Waals surface area contributed by atoms with Gasteiger partial charge in [0.2, 0.25) is 0 Å². The molecule has 3 aromatic rings. The minimum absolute atomic E-state index is 0.123. The highest BCUT2D eigenvalue weighted by atomic mass is 19.1. The number of halogens is 1. The first kappa shape index (κ1) is 20.3. The Labute approximate surface area is 164 Å². The lowest BCUT2D eigenvalue weighted by molar-refractivity contribution is 0.104. The van der Waals surface area contributed by atoms with Gasteiger partial charge in [0.1, 0.15) is 11.6 Å². The summed E-state index contributed by atoms with van der Waals surface area (Å²) < 4.78 is 21.0. The number of nitrogens with one attached hydrogen (secondary N) is 1. The van der Waals surface area contributed by atoms with Crippen LogP contribution in [0.1, 0.15) is 12.5 Å². The second-order valence-corrected chi connectivity index (χ2v) is 7.26. The van der Waals surface area contributed by atoms with Crippen molar-refractivity contribution in [3.63, 3.8) is 0 Å². The van der Waals surface area contributed by atoms with Crippen LogP contribution in [0.15, 0.2) is 54.7 Å². The fourth-order valence-electron chi connectivity index (χ4n) is 3.03. The molecule has 0 saturated heterocycles. The minimum Gasteiger partial charge on any atom is -0.493 e. The van der Waals surface area contributed by atoms with E-state index in [4.69, 9.17) is 4.74 Å². The normalized spacial score (nSPS) is 11.9. The summed E-state index contributed by atoms with van der Waals surface area (Å²) in [7, 11) is 0. The van der Waals surface area contributed by atoms with Crippen LogP contribution in [0.25, 0.3) is 10.9 Å². The maximum Gasteiger partial charge on any atom is 0.123 e. The topological polar surface area (TPSA) is 66.7 Å². The van der Waals surface area contributed by atoms with E-state index in [1.165, 1.54) is 12.1 Å². The van der Waals surface area contributed by atoms with Gasteiger partial charge in [0.05, 0.1) is 30.9 Å². The predicted octanol–water partition coefficient (Wildman–Crippen LogP) is 2.73. The smallest absolute Gasteiger partial charge is 0.123 e. The number of fused-ring (bicyclic) bond motifs is 1. The summed E-state index contributed by atoms with van der Waals surface area (Å²) in [5.74, 6) is 0.557. The van der Waals surface area contributed by atoms with Crippen molar-refractivity contribution in [2.24, 2.45) is 0 Å². The Balaban J connectivity index is 1.59. The van der Waals surface area contributed by atoms with Crippen LogP contribution in [0.3, 0.4) is 0 Å². The maximum absolute atomic E-state index is 13.0. The van der Waals surface area contributed by atoms with Crippen molar-refractivity contribution >= 4 is 10.9 Å². The Bertz CT molecular complexity index is 888. The van der Waals surface area contributed by atoms with Gasteiger partial charge in [0.25, 0.3) is 0 Å². The first-order chi connectivity index (χ1) is 13.5.